The molecule has 0 amide bonds. The van der Waals surface area contributed by atoms with Crippen LogP contribution in [0.15, 0.2) is 36.4 Å². The molecule has 0 saturated carbocycles. The molecule has 6 heteroatoms. The molecule has 4 nitrogen and oxygen atoms in total. The lowest BCUT2D eigenvalue weighted by molar-refractivity contribution is 0.277. The van der Waals surface area contributed by atoms with Gasteiger partial charge in [-0.3, -0.25) is 0 Å². The zero-order valence-corrected chi connectivity index (χ0v) is 16.6. The highest BCUT2D eigenvalue weighted by atomic mass is 31.2. The monoisotopic (exact) mass is 368 g/mol. The van der Waals surface area contributed by atoms with E-state index in [-0.39, 0.29) is 0 Å². The van der Waals surface area contributed by atoms with Gasteiger partial charge in [-0.15, -0.1) is 0 Å². The van der Waals surface area contributed by atoms with E-state index in [1.54, 1.807) is 0 Å². The predicted molar refractivity (Wildman–Crippen MR) is 104 cm³/mol. The molecular formula is C18H26O4P2. The second-order valence-electron chi connectivity index (χ2n) is 4.83. The van der Waals surface area contributed by atoms with Crippen LogP contribution in [0, 0.1) is 0 Å². The summed E-state index contributed by atoms with van der Waals surface area (Å²) in [5, 5.41) is 4.51. The Bertz CT molecular complexity index is 568. The van der Waals surface area contributed by atoms with Gasteiger partial charge in [0.15, 0.2) is 0 Å². The molecule has 0 unspecified atom stereocenters. The number of hydrogen-bond acceptors (Lipinski definition) is 4. The summed E-state index contributed by atoms with van der Waals surface area (Å²) in [5.74, 6) is 0. The van der Waals surface area contributed by atoms with Crippen LogP contribution >= 0.6 is 16.8 Å². The van der Waals surface area contributed by atoms with Gasteiger partial charge in [0, 0.05) is 10.6 Å². The number of hydrogen-bond donors (Lipinski definition) is 0. The zero-order valence-electron chi connectivity index (χ0n) is 14.8. The zero-order chi connectivity index (χ0) is 17.4. The number of fused-ring (bicyclic) bond motifs is 1. The van der Waals surface area contributed by atoms with E-state index in [0.717, 1.165) is 21.4 Å². The molecule has 0 aliphatic carbocycles. The first-order valence-electron chi connectivity index (χ1n) is 8.40. The molecule has 0 atom stereocenters. The first-order chi connectivity index (χ1) is 11.8. The Morgan fingerprint density at radius 2 is 0.917 bits per heavy atom. The van der Waals surface area contributed by atoms with Crippen LogP contribution in [0.2, 0.25) is 0 Å². The van der Waals surface area contributed by atoms with Crippen LogP contribution in [-0.2, 0) is 18.1 Å². The third-order valence-electron chi connectivity index (χ3n) is 3.25. The summed E-state index contributed by atoms with van der Waals surface area (Å²) in [7, 11) is -2.16. The van der Waals surface area contributed by atoms with Gasteiger partial charge in [0.25, 0.3) is 0 Å². The Morgan fingerprint density at radius 3 is 1.21 bits per heavy atom. The van der Waals surface area contributed by atoms with Crippen molar-refractivity contribution in [3.63, 3.8) is 0 Å². The van der Waals surface area contributed by atoms with Crippen molar-refractivity contribution >= 4 is 38.1 Å². The molecule has 0 radical (unpaired) electrons. The summed E-state index contributed by atoms with van der Waals surface area (Å²) in [5.41, 5.74) is 0. The molecule has 132 valence electrons. The fourth-order valence-electron chi connectivity index (χ4n) is 2.42. The van der Waals surface area contributed by atoms with Crippen LogP contribution in [0.1, 0.15) is 27.7 Å². The number of rotatable bonds is 10. The van der Waals surface area contributed by atoms with E-state index in [0.29, 0.717) is 26.4 Å². The second-order valence-corrected chi connectivity index (χ2v) is 7.86. The van der Waals surface area contributed by atoms with Crippen molar-refractivity contribution < 1.29 is 18.1 Å². The van der Waals surface area contributed by atoms with Crippen LogP contribution < -0.4 is 10.6 Å². The summed E-state index contributed by atoms with van der Waals surface area (Å²) in [6, 6.07) is 12.5. The molecule has 0 N–H and O–H groups in total. The van der Waals surface area contributed by atoms with Crippen molar-refractivity contribution in [2.24, 2.45) is 0 Å². The van der Waals surface area contributed by atoms with Gasteiger partial charge < -0.3 is 18.1 Å². The van der Waals surface area contributed by atoms with Crippen LogP contribution in [0.25, 0.3) is 10.8 Å². The summed E-state index contributed by atoms with van der Waals surface area (Å²) in [6.07, 6.45) is 0. The van der Waals surface area contributed by atoms with Crippen molar-refractivity contribution in [1.29, 1.82) is 0 Å². The van der Waals surface area contributed by atoms with E-state index in [1.165, 1.54) is 0 Å². The first-order valence-corrected chi connectivity index (χ1v) is 10.8. The minimum Gasteiger partial charge on any atom is -0.331 e. The lowest BCUT2D eigenvalue weighted by atomic mass is 10.1. The minimum atomic E-state index is -1.08. The quantitative estimate of drug-likeness (QED) is 0.561. The largest absolute Gasteiger partial charge is 0.331 e. The Balaban J connectivity index is 2.51. The molecule has 2 aromatic carbocycles. The Hall–Kier alpha value is -0.600. The van der Waals surface area contributed by atoms with Crippen molar-refractivity contribution in [3.05, 3.63) is 36.4 Å². The molecule has 0 aliphatic rings. The maximum Gasteiger partial charge on any atom is 0.205 e. The van der Waals surface area contributed by atoms with E-state index in [4.69, 9.17) is 18.1 Å². The van der Waals surface area contributed by atoms with Gasteiger partial charge in [-0.25, -0.2) is 0 Å². The van der Waals surface area contributed by atoms with Crippen molar-refractivity contribution in [2.75, 3.05) is 26.4 Å². The van der Waals surface area contributed by atoms with E-state index in [9.17, 15) is 0 Å². The topological polar surface area (TPSA) is 36.9 Å². The highest BCUT2D eigenvalue weighted by molar-refractivity contribution is 7.57. The lowest BCUT2D eigenvalue weighted by Crippen LogP contribution is -2.13. The van der Waals surface area contributed by atoms with Gasteiger partial charge in [0.2, 0.25) is 16.8 Å². The van der Waals surface area contributed by atoms with Crippen LogP contribution in [0.4, 0.5) is 0 Å². The third kappa shape index (κ3) is 4.73. The predicted octanol–water partition coefficient (Wildman–Crippen LogP) is 4.86. The van der Waals surface area contributed by atoms with Crippen LogP contribution in [-0.4, -0.2) is 26.4 Å². The molecule has 0 aromatic heterocycles. The second kappa shape index (κ2) is 10.4. The standard InChI is InChI=1S/C18H26O4P2/c1-5-19-23(20-6-2)17-13-9-12-16-15(17)11-10-14-18(16)24(21-7-3)22-8-4/h9-14H,5-8H2,1-4H3. The first kappa shape index (κ1) is 19.7. The van der Waals surface area contributed by atoms with Gasteiger partial charge in [-0.05, 0) is 50.6 Å². The fourth-order valence-corrected chi connectivity index (χ4v) is 5.26. The highest BCUT2D eigenvalue weighted by Crippen LogP contribution is 2.42. The van der Waals surface area contributed by atoms with E-state index in [1.807, 2.05) is 27.7 Å². The van der Waals surface area contributed by atoms with Gasteiger partial charge in [-0.2, -0.15) is 0 Å². The van der Waals surface area contributed by atoms with Crippen molar-refractivity contribution in [3.8, 4) is 0 Å². The third-order valence-corrected chi connectivity index (χ3v) is 6.79. The molecule has 0 bridgehead atoms. The average Bonchev–Trinajstić information content (AvgIpc) is 2.60. The molecule has 2 rings (SSSR count). The SMILES string of the molecule is CCOP(OCC)c1cccc2c(P(OCC)OCC)cccc12. The fraction of sp³-hybridized carbons (Fsp3) is 0.444. The summed E-state index contributed by atoms with van der Waals surface area (Å²) in [4.78, 5) is 0. The van der Waals surface area contributed by atoms with Crippen LogP contribution in [0.5, 0.6) is 0 Å². The molecular weight excluding hydrogens is 342 g/mol. The molecule has 0 heterocycles. The van der Waals surface area contributed by atoms with E-state index < -0.39 is 16.8 Å². The minimum absolute atomic E-state index is 0.631. The molecule has 0 aliphatic heterocycles. The molecule has 2 aromatic rings. The maximum atomic E-state index is 5.86. The van der Waals surface area contributed by atoms with Crippen LogP contribution in [0.3, 0.4) is 0 Å². The molecule has 0 saturated heterocycles. The Kier molecular flexibility index (Phi) is 8.55. The molecule has 0 fully saturated rings. The van der Waals surface area contributed by atoms with Gasteiger partial charge in [0.1, 0.15) is 0 Å². The maximum absolute atomic E-state index is 5.86. The average molecular weight is 368 g/mol. The summed E-state index contributed by atoms with van der Waals surface area (Å²) < 4.78 is 23.4. The van der Waals surface area contributed by atoms with Gasteiger partial charge in [-0.1, -0.05) is 24.3 Å². The number of benzene rings is 2. The Morgan fingerprint density at radius 1 is 0.583 bits per heavy atom. The van der Waals surface area contributed by atoms with E-state index >= 15 is 0 Å². The van der Waals surface area contributed by atoms with Gasteiger partial charge in [0.05, 0.1) is 26.4 Å². The lowest BCUT2D eigenvalue weighted by Gasteiger charge is -2.21. The smallest absolute Gasteiger partial charge is 0.205 e. The summed E-state index contributed by atoms with van der Waals surface area (Å²) >= 11 is 0. The normalized spacial score (nSPS) is 11.8. The van der Waals surface area contributed by atoms with E-state index in [2.05, 4.69) is 36.4 Å². The van der Waals surface area contributed by atoms with Crippen molar-refractivity contribution in [1.82, 2.24) is 0 Å². The summed E-state index contributed by atoms with van der Waals surface area (Å²) in [6.45, 7) is 10.5. The molecule has 0 spiro atoms. The van der Waals surface area contributed by atoms with Gasteiger partial charge >= 0.3 is 0 Å². The highest BCUT2D eigenvalue weighted by Gasteiger charge is 2.20. The molecule has 24 heavy (non-hydrogen) atoms. The van der Waals surface area contributed by atoms with Crippen molar-refractivity contribution in [2.45, 2.75) is 27.7 Å². The Labute approximate surface area is 147 Å².